The third kappa shape index (κ3) is 1.88. The highest BCUT2D eigenvalue weighted by Crippen LogP contribution is 2.04. The summed E-state index contributed by atoms with van der Waals surface area (Å²) in [6.07, 6.45) is 4.62. The zero-order valence-corrected chi connectivity index (χ0v) is 6.33. The molecule has 1 rings (SSSR count). The first-order valence-electron chi connectivity index (χ1n) is 3.37. The van der Waals surface area contributed by atoms with Gasteiger partial charge in [-0.05, 0) is 18.6 Å². The number of methoxy groups -OCH3 is 1. The van der Waals surface area contributed by atoms with Gasteiger partial charge in [0, 0.05) is 13.5 Å². The fourth-order valence-electron chi connectivity index (χ4n) is 0.824. The molecule has 1 aromatic rings. The summed E-state index contributed by atoms with van der Waals surface area (Å²) >= 11 is 0. The maximum Gasteiger partial charge on any atom is 0.0935 e. The molecule has 0 amide bonds. The van der Waals surface area contributed by atoms with E-state index in [1.54, 1.807) is 19.6 Å². The van der Waals surface area contributed by atoms with Gasteiger partial charge in [-0.25, -0.2) is 0 Å². The van der Waals surface area contributed by atoms with Crippen LogP contribution in [0.2, 0.25) is 0 Å². The molecule has 56 valence electrons. The van der Waals surface area contributed by atoms with Gasteiger partial charge in [0.15, 0.2) is 0 Å². The van der Waals surface area contributed by atoms with Gasteiger partial charge in [0.1, 0.15) is 0 Å². The van der Waals surface area contributed by atoms with E-state index in [-0.39, 0.29) is 6.10 Å². The van der Waals surface area contributed by atoms with Crippen LogP contribution in [0.15, 0.2) is 23.0 Å². The van der Waals surface area contributed by atoms with Gasteiger partial charge < -0.3 is 9.15 Å². The molecule has 1 atom stereocenters. The fraction of sp³-hybridized carbons (Fsp3) is 0.500. The topological polar surface area (TPSA) is 22.4 Å². The van der Waals surface area contributed by atoms with Crippen LogP contribution in [0.3, 0.4) is 0 Å². The molecule has 0 saturated carbocycles. The van der Waals surface area contributed by atoms with E-state index in [1.807, 2.05) is 13.0 Å². The van der Waals surface area contributed by atoms with Gasteiger partial charge in [-0.15, -0.1) is 0 Å². The second-order valence-corrected chi connectivity index (χ2v) is 2.38. The molecule has 0 N–H and O–H groups in total. The van der Waals surface area contributed by atoms with Gasteiger partial charge in [-0.1, -0.05) is 0 Å². The van der Waals surface area contributed by atoms with Crippen LogP contribution in [-0.4, -0.2) is 13.2 Å². The molecule has 0 aliphatic rings. The van der Waals surface area contributed by atoms with Gasteiger partial charge in [0.05, 0.1) is 18.6 Å². The minimum absolute atomic E-state index is 0.276. The SMILES string of the molecule is COC(C)Cc1ccoc1. The Balaban J connectivity index is 2.40. The molecule has 0 spiro atoms. The van der Waals surface area contributed by atoms with E-state index in [0.717, 1.165) is 6.42 Å². The predicted molar refractivity (Wildman–Crippen MR) is 38.9 cm³/mol. The number of hydrogen-bond acceptors (Lipinski definition) is 2. The lowest BCUT2D eigenvalue weighted by Gasteiger charge is -2.05. The average molecular weight is 140 g/mol. The molecule has 2 heteroatoms. The van der Waals surface area contributed by atoms with E-state index in [0.29, 0.717) is 0 Å². The van der Waals surface area contributed by atoms with E-state index in [4.69, 9.17) is 9.15 Å². The summed E-state index contributed by atoms with van der Waals surface area (Å²) in [5.74, 6) is 0. The van der Waals surface area contributed by atoms with Crippen molar-refractivity contribution in [3.8, 4) is 0 Å². The zero-order chi connectivity index (χ0) is 7.40. The standard InChI is InChI=1S/C8H12O2/c1-7(9-2)5-8-3-4-10-6-8/h3-4,6-7H,5H2,1-2H3. The normalized spacial score (nSPS) is 13.4. The third-order valence-corrected chi connectivity index (χ3v) is 1.51. The van der Waals surface area contributed by atoms with Crippen molar-refractivity contribution in [1.29, 1.82) is 0 Å². The van der Waals surface area contributed by atoms with E-state index < -0.39 is 0 Å². The van der Waals surface area contributed by atoms with Crippen molar-refractivity contribution in [2.75, 3.05) is 7.11 Å². The lowest BCUT2D eigenvalue weighted by molar-refractivity contribution is 0.118. The minimum Gasteiger partial charge on any atom is -0.472 e. The van der Waals surface area contributed by atoms with Gasteiger partial charge in [0.25, 0.3) is 0 Å². The van der Waals surface area contributed by atoms with Crippen molar-refractivity contribution >= 4 is 0 Å². The lowest BCUT2D eigenvalue weighted by atomic mass is 10.2. The first-order valence-corrected chi connectivity index (χ1v) is 3.37. The van der Waals surface area contributed by atoms with Gasteiger partial charge >= 0.3 is 0 Å². The van der Waals surface area contributed by atoms with E-state index in [2.05, 4.69) is 0 Å². The Morgan fingerprint density at radius 3 is 3.00 bits per heavy atom. The van der Waals surface area contributed by atoms with Crippen molar-refractivity contribution in [3.05, 3.63) is 24.2 Å². The third-order valence-electron chi connectivity index (χ3n) is 1.51. The molecule has 0 aliphatic heterocycles. The molecule has 1 heterocycles. The van der Waals surface area contributed by atoms with Crippen LogP contribution in [0, 0.1) is 0 Å². The maximum absolute atomic E-state index is 5.08. The second-order valence-electron chi connectivity index (χ2n) is 2.38. The Labute approximate surface area is 60.8 Å². The Bertz CT molecular complexity index is 167. The van der Waals surface area contributed by atoms with Crippen molar-refractivity contribution in [2.45, 2.75) is 19.4 Å². The molecular formula is C8H12O2. The molecular weight excluding hydrogens is 128 g/mol. The smallest absolute Gasteiger partial charge is 0.0935 e. The summed E-state index contributed by atoms with van der Waals surface area (Å²) in [5.41, 5.74) is 1.19. The van der Waals surface area contributed by atoms with Crippen molar-refractivity contribution in [2.24, 2.45) is 0 Å². The second kappa shape index (κ2) is 3.42. The lowest BCUT2D eigenvalue weighted by Crippen LogP contribution is -2.07. The predicted octanol–water partition coefficient (Wildman–Crippen LogP) is 1.86. The summed E-state index contributed by atoms with van der Waals surface area (Å²) in [5, 5.41) is 0. The van der Waals surface area contributed by atoms with Crippen LogP contribution in [-0.2, 0) is 11.2 Å². The van der Waals surface area contributed by atoms with Gasteiger partial charge in [-0.3, -0.25) is 0 Å². The van der Waals surface area contributed by atoms with Crippen molar-refractivity contribution in [1.82, 2.24) is 0 Å². The largest absolute Gasteiger partial charge is 0.472 e. The Hall–Kier alpha value is -0.760. The minimum atomic E-state index is 0.276. The quantitative estimate of drug-likeness (QED) is 0.639. The monoisotopic (exact) mass is 140 g/mol. The zero-order valence-electron chi connectivity index (χ0n) is 6.33. The van der Waals surface area contributed by atoms with Crippen LogP contribution < -0.4 is 0 Å². The molecule has 10 heavy (non-hydrogen) atoms. The van der Waals surface area contributed by atoms with Crippen molar-refractivity contribution < 1.29 is 9.15 Å². The number of ether oxygens (including phenoxy) is 1. The van der Waals surface area contributed by atoms with Gasteiger partial charge in [0.2, 0.25) is 0 Å². The molecule has 1 aromatic heterocycles. The maximum atomic E-state index is 5.08. The van der Waals surface area contributed by atoms with E-state index in [9.17, 15) is 0 Å². The van der Waals surface area contributed by atoms with E-state index in [1.165, 1.54) is 5.56 Å². The number of hydrogen-bond donors (Lipinski definition) is 0. The highest BCUT2D eigenvalue weighted by Gasteiger charge is 2.01. The van der Waals surface area contributed by atoms with Crippen LogP contribution in [0.4, 0.5) is 0 Å². The highest BCUT2D eigenvalue weighted by molar-refractivity contribution is 5.06. The highest BCUT2D eigenvalue weighted by atomic mass is 16.5. The molecule has 0 fully saturated rings. The first-order chi connectivity index (χ1) is 4.83. The summed E-state index contributed by atoms with van der Waals surface area (Å²) in [4.78, 5) is 0. The molecule has 0 radical (unpaired) electrons. The van der Waals surface area contributed by atoms with Crippen LogP contribution in [0.5, 0.6) is 0 Å². The summed E-state index contributed by atoms with van der Waals surface area (Å²) in [6, 6.07) is 1.95. The van der Waals surface area contributed by atoms with Crippen LogP contribution in [0.1, 0.15) is 12.5 Å². The van der Waals surface area contributed by atoms with E-state index >= 15 is 0 Å². The average Bonchev–Trinajstić information content (AvgIpc) is 2.40. The molecule has 2 nitrogen and oxygen atoms in total. The Morgan fingerprint density at radius 2 is 2.50 bits per heavy atom. The Morgan fingerprint density at radius 1 is 1.70 bits per heavy atom. The summed E-state index contributed by atoms with van der Waals surface area (Å²) in [7, 11) is 1.71. The first kappa shape index (κ1) is 7.35. The molecule has 0 bridgehead atoms. The van der Waals surface area contributed by atoms with Crippen LogP contribution in [0.25, 0.3) is 0 Å². The van der Waals surface area contributed by atoms with Crippen LogP contribution >= 0.6 is 0 Å². The molecule has 0 aromatic carbocycles. The molecule has 0 aliphatic carbocycles. The number of furan rings is 1. The number of rotatable bonds is 3. The summed E-state index contributed by atoms with van der Waals surface area (Å²) < 4.78 is 9.99. The van der Waals surface area contributed by atoms with Crippen molar-refractivity contribution in [3.63, 3.8) is 0 Å². The fourth-order valence-corrected chi connectivity index (χ4v) is 0.824. The molecule has 1 unspecified atom stereocenters. The summed E-state index contributed by atoms with van der Waals surface area (Å²) in [6.45, 7) is 2.03. The van der Waals surface area contributed by atoms with Gasteiger partial charge in [-0.2, -0.15) is 0 Å². The molecule has 0 saturated heterocycles. The Kier molecular flexibility index (Phi) is 2.51.